The molecule has 0 unspecified atom stereocenters. The molecule has 0 bridgehead atoms. The van der Waals surface area contributed by atoms with Gasteiger partial charge < -0.3 is 0 Å². The van der Waals surface area contributed by atoms with Gasteiger partial charge in [0.2, 0.25) is 0 Å². The summed E-state index contributed by atoms with van der Waals surface area (Å²) in [5.74, 6) is -1.02. The Morgan fingerprint density at radius 1 is 0.857 bits per heavy atom. The second-order valence-electron chi connectivity index (χ2n) is 6.14. The van der Waals surface area contributed by atoms with E-state index in [9.17, 15) is 13.2 Å². The monoisotopic (exact) mass is 458 g/mol. The van der Waals surface area contributed by atoms with Gasteiger partial charge in [-0.15, -0.1) is 0 Å². The van der Waals surface area contributed by atoms with Gasteiger partial charge in [-0.25, -0.2) is 0 Å². The molecule has 3 rings (SSSR count). The van der Waals surface area contributed by atoms with Crippen LogP contribution >= 0.6 is 0 Å². The summed E-state index contributed by atoms with van der Waals surface area (Å²) in [6, 6.07) is 22.7. The predicted octanol–water partition coefficient (Wildman–Crippen LogP) is 3.50. The summed E-state index contributed by atoms with van der Waals surface area (Å²) < 4.78 is 27.6. The van der Waals surface area contributed by atoms with E-state index < -0.39 is 15.8 Å². The SMILES string of the molecule is Cc1ccc(S(=O)(=O)C=C([Se]c2ccccc2)c2ccc(C(=O)O)cc2)cc1. The molecule has 142 valence electrons. The zero-order valence-corrected chi connectivity index (χ0v) is 17.6. The second-order valence-corrected chi connectivity index (χ2v) is 10.3. The Kier molecular flexibility index (Phi) is 6.14. The Morgan fingerprint density at radius 3 is 2.00 bits per heavy atom. The molecule has 0 amide bonds. The van der Waals surface area contributed by atoms with Crippen LogP contribution in [0.4, 0.5) is 0 Å². The predicted molar refractivity (Wildman–Crippen MR) is 112 cm³/mol. The number of aryl methyl sites for hydroxylation is 1. The van der Waals surface area contributed by atoms with Crippen LogP contribution in [0.3, 0.4) is 0 Å². The van der Waals surface area contributed by atoms with E-state index in [0.717, 1.165) is 10.0 Å². The van der Waals surface area contributed by atoms with E-state index >= 15 is 0 Å². The van der Waals surface area contributed by atoms with Crippen molar-refractivity contribution >= 4 is 39.7 Å². The zero-order chi connectivity index (χ0) is 20.1. The molecular formula is C22H18O4SSe. The standard InChI is InChI=1S/C22H18O4SSe/c1-16-7-13-19(14-8-16)27(25,26)15-21(28-20-5-3-2-4-6-20)17-9-11-18(12-10-17)22(23)24/h2-15H,1H3,(H,23,24). The van der Waals surface area contributed by atoms with Gasteiger partial charge in [0, 0.05) is 0 Å². The Bertz CT molecular complexity index is 1100. The van der Waals surface area contributed by atoms with Crippen molar-refractivity contribution in [3.63, 3.8) is 0 Å². The molecule has 0 atom stereocenters. The summed E-state index contributed by atoms with van der Waals surface area (Å²) >= 11 is -0.260. The molecule has 0 fully saturated rings. The van der Waals surface area contributed by atoms with Crippen LogP contribution in [-0.4, -0.2) is 34.5 Å². The molecule has 0 radical (unpaired) electrons. The molecular weight excluding hydrogens is 439 g/mol. The van der Waals surface area contributed by atoms with Gasteiger partial charge in [0.25, 0.3) is 0 Å². The maximum absolute atomic E-state index is 12.9. The van der Waals surface area contributed by atoms with Gasteiger partial charge in [0.05, 0.1) is 0 Å². The molecule has 0 spiro atoms. The number of carbonyl (C=O) groups is 1. The Labute approximate surface area is 170 Å². The Hall–Kier alpha value is -2.66. The molecule has 3 aromatic carbocycles. The van der Waals surface area contributed by atoms with E-state index in [2.05, 4.69) is 0 Å². The number of sulfone groups is 1. The summed E-state index contributed by atoms with van der Waals surface area (Å²) in [6.45, 7) is 1.90. The fourth-order valence-electron chi connectivity index (χ4n) is 2.48. The van der Waals surface area contributed by atoms with E-state index in [1.54, 1.807) is 36.4 Å². The van der Waals surface area contributed by atoms with Crippen molar-refractivity contribution < 1.29 is 18.3 Å². The van der Waals surface area contributed by atoms with Crippen LogP contribution in [0.5, 0.6) is 0 Å². The van der Waals surface area contributed by atoms with Gasteiger partial charge >= 0.3 is 171 Å². The molecule has 0 saturated heterocycles. The normalized spacial score (nSPS) is 12.0. The fourth-order valence-corrected chi connectivity index (χ4v) is 6.38. The molecule has 1 N–H and O–H groups in total. The molecule has 0 aliphatic rings. The third kappa shape index (κ3) is 4.98. The van der Waals surface area contributed by atoms with Gasteiger partial charge in [0.15, 0.2) is 0 Å². The van der Waals surface area contributed by atoms with Crippen molar-refractivity contribution in [1.82, 2.24) is 0 Å². The summed E-state index contributed by atoms with van der Waals surface area (Å²) in [5, 5.41) is 10.4. The van der Waals surface area contributed by atoms with Gasteiger partial charge in [-0.3, -0.25) is 0 Å². The van der Waals surface area contributed by atoms with E-state index in [1.165, 1.54) is 17.5 Å². The van der Waals surface area contributed by atoms with Crippen LogP contribution in [-0.2, 0) is 9.84 Å². The minimum absolute atomic E-state index is 0.164. The average molecular weight is 457 g/mol. The molecule has 6 heteroatoms. The van der Waals surface area contributed by atoms with Crippen molar-refractivity contribution in [3.8, 4) is 0 Å². The van der Waals surface area contributed by atoms with E-state index in [1.807, 2.05) is 37.3 Å². The minimum atomic E-state index is -3.63. The quantitative estimate of drug-likeness (QED) is 0.576. The molecule has 4 nitrogen and oxygen atoms in total. The van der Waals surface area contributed by atoms with Crippen molar-refractivity contribution in [1.29, 1.82) is 0 Å². The van der Waals surface area contributed by atoms with Crippen molar-refractivity contribution in [2.75, 3.05) is 0 Å². The number of carboxylic acids is 1. The Balaban J connectivity index is 2.05. The third-order valence-electron chi connectivity index (χ3n) is 4.00. The van der Waals surface area contributed by atoms with Crippen LogP contribution in [0.1, 0.15) is 21.5 Å². The summed E-state index contributed by atoms with van der Waals surface area (Å²) in [4.78, 5) is 11.3. The summed E-state index contributed by atoms with van der Waals surface area (Å²) in [7, 11) is -3.63. The number of benzene rings is 3. The van der Waals surface area contributed by atoms with E-state index in [0.29, 0.717) is 10.0 Å². The van der Waals surface area contributed by atoms with Gasteiger partial charge in [0.1, 0.15) is 0 Å². The second kappa shape index (κ2) is 8.57. The summed E-state index contributed by atoms with van der Waals surface area (Å²) in [5.41, 5.74) is 1.85. The van der Waals surface area contributed by atoms with Crippen LogP contribution in [0.25, 0.3) is 4.47 Å². The first kappa shape index (κ1) is 20.1. The zero-order valence-electron chi connectivity index (χ0n) is 15.1. The van der Waals surface area contributed by atoms with Crippen molar-refractivity contribution in [2.45, 2.75) is 11.8 Å². The van der Waals surface area contributed by atoms with Crippen LogP contribution in [0.2, 0.25) is 0 Å². The summed E-state index contributed by atoms with van der Waals surface area (Å²) in [6.07, 6.45) is 0. The van der Waals surface area contributed by atoms with Crippen LogP contribution in [0.15, 0.2) is 89.2 Å². The maximum atomic E-state index is 12.9. The number of hydrogen-bond acceptors (Lipinski definition) is 3. The first-order valence-corrected chi connectivity index (χ1v) is 11.7. The average Bonchev–Trinajstić information content (AvgIpc) is 2.68. The number of rotatable bonds is 6. The molecule has 0 aliphatic heterocycles. The molecule has 0 heterocycles. The van der Waals surface area contributed by atoms with Crippen LogP contribution < -0.4 is 4.46 Å². The number of hydrogen-bond donors (Lipinski definition) is 1. The third-order valence-corrected chi connectivity index (χ3v) is 8.08. The van der Waals surface area contributed by atoms with Crippen molar-refractivity contribution in [3.05, 3.63) is 101 Å². The van der Waals surface area contributed by atoms with E-state index in [4.69, 9.17) is 5.11 Å². The topological polar surface area (TPSA) is 71.4 Å². The van der Waals surface area contributed by atoms with Crippen LogP contribution in [0, 0.1) is 6.92 Å². The van der Waals surface area contributed by atoms with Gasteiger partial charge in [-0.05, 0) is 0 Å². The van der Waals surface area contributed by atoms with Gasteiger partial charge in [-0.1, -0.05) is 0 Å². The van der Waals surface area contributed by atoms with Gasteiger partial charge in [-0.2, -0.15) is 0 Å². The first-order chi connectivity index (χ1) is 13.3. The molecule has 0 aliphatic carbocycles. The number of carboxylic acid groups (broad SMARTS) is 1. The first-order valence-electron chi connectivity index (χ1n) is 8.45. The number of aromatic carboxylic acids is 1. The molecule has 0 aromatic heterocycles. The van der Waals surface area contributed by atoms with Crippen molar-refractivity contribution in [2.24, 2.45) is 0 Å². The fraction of sp³-hybridized carbons (Fsp3) is 0.0455. The molecule has 3 aromatic rings. The van der Waals surface area contributed by atoms with E-state index in [-0.39, 0.29) is 25.4 Å². The molecule has 0 saturated carbocycles. The molecule has 28 heavy (non-hydrogen) atoms. The Morgan fingerprint density at radius 2 is 1.43 bits per heavy atom.